The van der Waals surface area contributed by atoms with E-state index in [-0.39, 0.29) is 36.0 Å². The van der Waals surface area contributed by atoms with E-state index in [1.165, 1.54) is 0 Å². The molecule has 0 bridgehead atoms. The fourth-order valence-electron chi connectivity index (χ4n) is 1.49. The van der Waals surface area contributed by atoms with Gasteiger partial charge < -0.3 is 15.3 Å². The van der Waals surface area contributed by atoms with Gasteiger partial charge in [0.2, 0.25) is 11.4 Å². The van der Waals surface area contributed by atoms with Crippen molar-refractivity contribution in [2.45, 2.75) is 57.7 Å². The number of aliphatic hydroxyl groups is 2. The molecule has 0 aromatic rings. The molecule has 0 fully saturated rings. The molecule has 0 aliphatic carbocycles. The van der Waals surface area contributed by atoms with E-state index in [4.69, 9.17) is 10.2 Å². The van der Waals surface area contributed by atoms with Crippen molar-refractivity contribution in [1.29, 1.82) is 0 Å². The first kappa shape index (κ1) is 19.4. The molecule has 0 amide bonds. The summed E-state index contributed by atoms with van der Waals surface area (Å²) in [7, 11) is 0. The van der Waals surface area contributed by atoms with Gasteiger partial charge in [0.1, 0.15) is 6.10 Å². The molecule has 3 N–H and O–H groups in total. The Kier molecular flexibility index (Phi) is 10.3. The van der Waals surface area contributed by atoms with Crippen molar-refractivity contribution in [1.82, 2.24) is 0 Å². The minimum atomic E-state index is -2.44. The summed E-state index contributed by atoms with van der Waals surface area (Å²) >= 11 is 0. The summed E-state index contributed by atoms with van der Waals surface area (Å²) in [6, 6.07) is 0. The predicted octanol–water partition coefficient (Wildman–Crippen LogP) is 0.0739. The average molecular weight is 256 g/mol. The molecule has 17 heavy (non-hydrogen) atoms. The van der Waals surface area contributed by atoms with Crippen molar-refractivity contribution >= 4 is 41.3 Å². The molecular weight excluding hydrogens is 235 g/mol. The van der Waals surface area contributed by atoms with Gasteiger partial charge in [-0.15, -0.1) is 0 Å². The van der Waals surface area contributed by atoms with E-state index in [9.17, 15) is 14.7 Å². The molecule has 96 valence electrons. The van der Waals surface area contributed by atoms with Crippen LogP contribution in [0.3, 0.4) is 0 Å². The van der Waals surface area contributed by atoms with Crippen molar-refractivity contribution in [3.05, 3.63) is 0 Å². The number of aliphatic hydroxyl groups excluding tert-OH is 1. The molecule has 6 heteroatoms. The first-order valence-electron chi connectivity index (χ1n) is 5.54. The number of carbonyl (C=O) groups excluding carboxylic acids is 1. The van der Waals surface area contributed by atoms with Crippen molar-refractivity contribution < 1.29 is 24.9 Å². The van der Waals surface area contributed by atoms with Gasteiger partial charge in [0.05, 0.1) is 0 Å². The Hall–Kier alpha value is 0.0600. The summed E-state index contributed by atoms with van der Waals surface area (Å²) in [5.74, 6) is -2.63. The number of ketones is 1. The van der Waals surface area contributed by atoms with Gasteiger partial charge in [0.25, 0.3) is 0 Å². The van der Waals surface area contributed by atoms with E-state index >= 15 is 0 Å². The van der Waals surface area contributed by atoms with Crippen LogP contribution in [0.4, 0.5) is 0 Å². The second-order valence-corrected chi connectivity index (χ2v) is 4.02. The van der Waals surface area contributed by atoms with Crippen molar-refractivity contribution in [3.63, 3.8) is 0 Å². The fourth-order valence-corrected chi connectivity index (χ4v) is 1.49. The third-order valence-electron chi connectivity index (χ3n) is 2.53. The van der Waals surface area contributed by atoms with Crippen LogP contribution in [0, 0.1) is 0 Å². The van der Waals surface area contributed by atoms with Gasteiger partial charge in [-0.25, -0.2) is 4.79 Å². The Morgan fingerprint density at radius 3 is 2.12 bits per heavy atom. The summed E-state index contributed by atoms with van der Waals surface area (Å²) in [5, 5.41) is 27.6. The standard InChI is InChI=1S/C11H20O5.Na.H/c1-3-4-5-6-7-11(16,10(14)15)9(13)8(2)12;;/h8,12,16H,3-7H2,1-2H3,(H,14,15);;. The summed E-state index contributed by atoms with van der Waals surface area (Å²) in [6.07, 6.45) is 1.52. The monoisotopic (exact) mass is 256 g/mol. The van der Waals surface area contributed by atoms with Crippen LogP contribution in [-0.2, 0) is 9.59 Å². The topological polar surface area (TPSA) is 94.8 Å². The second-order valence-electron chi connectivity index (χ2n) is 4.02. The summed E-state index contributed by atoms with van der Waals surface area (Å²) in [6.45, 7) is 3.16. The molecule has 0 heterocycles. The van der Waals surface area contributed by atoms with E-state index in [0.29, 0.717) is 6.42 Å². The van der Waals surface area contributed by atoms with Gasteiger partial charge >= 0.3 is 35.5 Å². The second kappa shape index (κ2) is 9.05. The van der Waals surface area contributed by atoms with E-state index < -0.39 is 23.5 Å². The predicted molar refractivity (Wildman–Crippen MR) is 65.2 cm³/mol. The number of unbranched alkanes of at least 4 members (excludes halogenated alkanes) is 3. The molecular formula is C11H21NaO5. The van der Waals surface area contributed by atoms with Gasteiger partial charge in [-0.05, 0) is 19.8 Å². The van der Waals surface area contributed by atoms with Crippen LogP contribution in [0.2, 0.25) is 0 Å². The summed E-state index contributed by atoms with van der Waals surface area (Å²) in [4.78, 5) is 22.2. The fraction of sp³-hybridized carbons (Fsp3) is 0.818. The maximum absolute atomic E-state index is 11.4. The summed E-state index contributed by atoms with van der Waals surface area (Å²) in [5.41, 5.74) is -2.44. The van der Waals surface area contributed by atoms with E-state index in [1.807, 2.05) is 6.92 Å². The summed E-state index contributed by atoms with van der Waals surface area (Å²) < 4.78 is 0. The number of aliphatic carboxylic acids is 1. The van der Waals surface area contributed by atoms with Gasteiger partial charge in [0, 0.05) is 0 Å². The molecule has 5 nitrogen and oxygen atoms in total. The maximum atomic E-state index is 11.4. The first-order valence-corrected chi connectivity index (χ1v) is 5.54. The SMILES string of the molecule is CCCCCCC(O)(C(=O)O)C(=O)C(C)O.[NaH]. The molecule has 2 unspecified atom stereocenters. The van der Waals surface area contributed by atoms with E-state index in [2.05, 4.69) is 0 Å². The van der Waals surface area contributed by atoms with Crippen molar-refractivity contribution in [3.8, 4) is 0 Å². The molecule has 0 rings (SSSR count). The van der Waals surface area contributed by atoms with Crippen LogP contribution >= 0.6 is 0 Å². The normalized spacial score (nSPS) is 15.5. The Balaban J connectivity index is 0. The van der Waals surface area contributed by atoms with Crippen molar-refractivity contribution in [2.75, 3.05) is 0 Å². The van der Waals surface area contributed by atoms with Gasteiger partial charge in [0.15, 0.2) is 0 Å². The van der Waals surface area contributed by atoms with Crippen LogP contribution < -0.4 is 0 Å². The van der Waals surface area contributed by atoms with Gasteiger partial charge in [-0.1, -0.05) is 26.2 Å². The Labute approximate surface area is 124 Å². The zero-order valence-corrected chi connectivity index (χ0v) is 9.77. The van der Waals surface area contributed by atoms with Crippen LogP contribution in [0.25, 0.3) is 0 Å². The van der Waals surface area contributed by atoms with Crippen LogP contribution in [0.1, 0.15) is 46.0 Å². The number of hydrogen-bond donors (Lipinski definition) is 3. The molecule has 0 aromatic heterocycles. The Morgan fingerprint density at radius 1 is 1.24 bits per heavy atom. The zero-order chi connectivity index (χ0) is 12.8. The number of carbonyl (C=O) groups is 2. The number of rotatable bonds is 8. The molecule has 0 aromatic carbocycles. The number of Topliss-reactive ketones (excluding diaryl/α,β-unsaturated/α-hetero) is 1. The van der Waals surface area contributed by atoms with Crippen molar-refractivity contribution in [2.24, 2.45) is 0 Å². The number of carboxylic acid groups (broad SMARTS) is 1. The van der Waals surface area contributed by atoms with Gasteiger partial charge in [-0.2, -0.15) is 0 Å². The van der Waals surface area contributed by atoms with Gasteiger partial charge in [-0.3, -0.25) is 4.79 Å². The van der Waals surface area contributed by atoms with Crippen LogP contribution in [-0.4, -0.2) is 68.3 Å². The number of carboxylic acids is 1. The van der Waals surface area contributed by atoms with E-state index in [1.54, 1.807) is 0 Å². The molecule has 0 saturated heterocycles. The molecule has 0 radical (unpaired) electrons. The van der Waals surface area contributed by atoms with E-state index in [0.717, 1.165) is 26.2 Å². The third kappa shape index (κ3) is 5.97. The minimum absolute atomic E-state index is 0. The zero-order valence-electron chi connectivity index (χ0n) is 9.77. The first-order chi connectivity index (χ1) is 7.36. The van der Waals surface area contributed by atoms with Crippen LogP contribution in [0.5, 0.6) is 0 Å². The Morgan fingerprint density at radius 2 is 1.76 bits per heavy atom. The molecule has 0 spiro atoms. The number of hydrogen-bond acceptors (Lipinski definition) is 4. The molecule has 0 saturated carbocycles. The average Bonchev–Trinajstić information content (AvgIpc) is 2.22. The molecule has 0 aliphatic heterocycles. The van der Waals surface area contributed by atoms with Crippen LogP contribution in [0.15, 0.2) is 0 Å². The molecule has 2 atom stereocenters. The third-order valence-corrected chi connectivity index (χ3v) is 2.53. The quantitative estimate of drug-likeness (QED) is 0.324. The molecule has 0 aliphatic rings. The Bertz CT molecular complexity index is 254.